The maximum atomic E-state index is 11.5. The summed E-state index contributed by atoms with van der Waals surface area (Å²) in [6.45, 7) is 0. The lowest BCUT2D eigenvalue weighted by atomic mass is 10.2. The minimum Gasteiger partial charge on any atom is -0.364 e. The van der Waals surface area contributed by atoms with Gasteiger partial charge in [-0.3, -0.25) is 4.79 Å². The van der Waals surface area contributed by atoms with Gasteiger partial charge in [0, 0.05) is 5.92 Å². The van der Waals surface area contributed by atoms with Crippen LogP contribution in [0.5, 0.6) is 0 Å². The number of rotatable bonds is 3. The van der Waals surface area contributed by atoms with Gasteiger partial charge in [0.15, 0.2) is 0 Å². The van der Waals surface area contributed by atoms with Crippen LogP contribution in [-0.4, -0.2) is 25.7 Å². The summed E-state index contributed by atoms with van der Waals surface area (Å²) in [6.07, 6.45) is 4.03. The second-order valence-corrected chi connectivity index (χ2v) is 5.34. The van der Waals surface area contributed by atoms with Gasteiger partial charge in [0.05, 0.1) is 11.9 Å². The van der Waals surface area contributed by atoms with E-state index in [1.165, 1.54) is 6.26 Å². The van der Waals surface area contributed by atoms with Gasteiger partial charge in [-0.2, -0.15) is 0 Å². The van der Waals surface area contributed by atoms with Crippen molar-refractivity contribution in [2.45, 2.75) is 18.8 Å². The Hall–Kier alpha value is -1.37. The number of amides is 1. The minimum atomic E-state index is -3.54. The lowest BCUT2D eigenvalue weighted by molar-refractivity contribution is 0.0980. The van der Waals surface area contributed by atoms with Crippen molar-refractivity contribution in [3.63, 3.8) is 0 Å². The minimum absolute atomic E-state index is 0.211. The summed E-state index contributed by atoms with van der Waals surface area (Å²) in [7, 11) is -3.54. The van der Waals surface area contributed by atoms with Crippen LogP contribution >= 0.6 is 0 Å². The predicted molar refractivity (Wildman–Crippen MR) is 50.8 cm³/mol. The molecule has 82 valence electrons. The predicted octanol–water partition coefficient (Wildman–Crippen LogP) is 0.241. The number of carbonyl (C=O) groups excluding carboxylic acids is 1. The van der Waals surface area contributed by atoms with Crippen molar-refractivity contribution in [1.82, 2.24) is 9.88 Å². The quantitative estimate of drug-likeness (QED) is 0.803. The van der Waals surface area contributed by atoms with Crippen molar-refractivity contribution >= 4 is 15.9 Å². The molecular formula is C8H10N2O4S. The van der Waals surface area contributed by atoms with Crippen molar-refractivity contribution in [2.75, 3.05) is 6.26 Å². The third-order valence-corrected chi connectivity index (χ3v) is 2.64. The second kappa shape index (κ2) is 3.34. The molecule has 2 rings (SSSR count). The van der Waals surface area contributed by atoms with Gasteiger partial charge in [-0.05, 0) is 12.8 Å². The average molecular weight is 230 g/mol. The van der Waals surface area contributed by atoms with Crippen molar-refractivity contribution in [3.8, 4) is 0 Å². The topological polar surface area (TPSA) is 89.3 Å². The fourth-order valence-electron chi connectivity index (χ4n) is 1.29. The number of hydrogen-bond acceptors (Lipinski definition) is 5. The van der Waals surface area contributed by atoms with Crippen molar-refractivity contribution in [2.24, 2.45) is 0 Å². The van der Waals surface area contributed by atoms with Crippen LogP contribution in [-0.2, 0) is 10.0 Å². The van der Waals surface area contributed by atoms with E-state index >= 15 is 0 Å². The summed E-state index contributed by atoms with van der Waals surface area (Å²) in [5.41, 5.74) is 0.763. The third kappa shape index (κ3) is 2.35. The molecule has 0 spiro atoms. The van der Waals surface area contributed by atoms with Gasteiger partial charge in [-0.15, -0.1) is 0 Å². The van der Waals surface area contributed by atoms with Gasteiger partial charge in [0.1, 0.15) is 11.8 Å². The van der Waals surface area contributed by atoms with E-state index in [1.54, 1.807) is 0 Å². The first-order chi connectivity index (χ1) is 6.97. The highest BCUT2D eigenvalue weighted by Gasteiger charge is 2.32. The van der Waals surface area contributed by atoms with Crippen LogP contribution in [0.3, 0.4) is 0 Å². The molecule has 15 heavy (non-hydrogen) atoms. The van der Waals surface area contributed by atoms with Crippen LogP contribution in [0.15, 0.2) is 10.8 Å². The first-order valence-electron chi connectivity index (χ1n) is 4.44. The highest BCUT2D eigenvalue weighted by molar-refractivity contribution is 7.89. The Labute approximate surface area is 86.7 Å². The molecule has 1 aliphatic rings. The number of carbonyl (C=O) groups is 1. The number of aromatic nitrogens is 1. The van der Waals surface area contributed by atoms with Gasteiger partial charge in [0.25, 0.3) is 5.91 Å². The molecule has 1 aromatic rings. The Morgan fingerprint density at radius 2 is 2.27 bits per heavy atom. The highest BCUT2D eigenvalue weighted by Crippen LogP contribution is 2.40. The average Bonchev–Trinajstić information content (AvgIpc) is 2.80. The van der Waals surface area contributed by atoms with Crippen LogP contribution < -0.4 is 4.72 Å². The van der Waals surface area contributed by atoms with E-state index in [1.807, 2.05) is 4.72 Å². The van der Waals surface area contributed by atoms with E-state index in [0.29, 0.717) is 5.69 Å². The van der Waals surface area contributed by atoms with Crippen LogP contribution in [0.25, 0.3) is 0 Å². The molecule has 1 amide bonds. The Morgan fingerprint density at radius 3 is 2.80 bits per heavy atom. The van der Waals surface area contributed by atoms with E-state index in [4.69, 9.17) is 0 Å². The molecule has 1 fully saturated rings. The summed E-state index contributed by atoms with van der Waals surface area (Å²) in [4.78, 5) is 11.5. The molecule has 1 heterocycles. The molecule has 6 nitrogen and oxygen atoms in total. The Balaban J connectivity index is 2.21. The molecule has 0 saturated heterocycles. The largest absolute Gasteiger partial charge is 0.364 e. The normalized spacial score (nSPS) is 16.3. The molecule has 1 N–H and O–H groups in total. The summed E-state index contributed by atoms with van der Waals surface area (Å²) >= 11 is 0. The summed E-state index contributed by atoms with van der Waals surface area (Å²) in [5, 5.41) is 3.70. The van der Waals surface area contributed by atoms with Gasteiger partial charge in [0.2, 0.25) is 10.0 Å². The monoisotopic (exact) mass is 230 g/mol. The smallest absolute Gasteiger partial charge is 0.269 e. The molecule has 0 atom stereocenters. The van der Waals surface area contributed by atoms with Crippen LogP contribution in [0, 0.1) is 0 Å². The Bertz CT molecular complexity index is 486. The maximum Gasteiger partial charge on any atom is 0.269 e. The molecule has 1 aromatic heterocycles. The van der Waals surface area contributed by atoms with Crippen molar-refractivity contribution in [1.29, 1.82) is 0 Å². The van der Waals surface area contributed by atoms with E-state index < -0.39 is 15.9 Å². The lowest BCUT2D eigenvalue weighted by Crippen LogP contribution is -2.29. The fourth-order valence-corrected chi connectivity index (χ4v) is 1.74. The molecular weight excluding hydrogens is 220 g/mol. The molecule has 0 unspecified atom stereocenters. The maximum absolute atomic E-state index is 11.5. The first kappa shape index (κ1) is 10.2. The van der Waals surface area contributed by atoms with Gasteiger partial charge < -0.3 is 4.52 Å². The summed E-state index contributed by atoms with van der Waals surface area (Å²) < 4.78 is 28.3. The zero-order valence-electron chi connectivity index (χ0n) is 8.06. The molecule has 0 aromatic carbocycles. The van der Waals surface area contributed by atoms with E-state index in [0.717, 1.165) is 19.1 Å². The SMILES string of the molecule is CS(=O)(=O)NC(=O)c1conc1C1CC1. The third-order valence-electron chi connectivity index (χ3n) is 2.08. The summed E-state index contributed by atoms with van der Waals surface area (Å²) in [6, 6.07) is 0. The molecule has 7 heteroatoms. The molecule has 1 aliphatic carbocycles. The van der Waals surface area contributed by atoms with Gasteiger partial charge in [-0.1, -0.05) is 5.16 Å². The standard InChI is InChI=1S/C8H10N2O4S/c1-15(12,13)10-8(11)6-4-14-9-7(6)5-2-3-5/h4-5H,2-3H2,1H3,(H,10,11). The number of sulfonamides is 1. The van der Waals surface area contributed by atoms with E-state index in [-0.39, 0.29) is 11.5 Å². The Kier molecular flexibility index (Phi) is 2.26. The first-order valence-corrected chi connectivity index (χ1v) is 6.33. The lowest BCUT2D eigenvalue weighted by Gasteiger charge is -2.00. The molecule has 0 aliphatic heterocycles. The molecule has 0 bridgehead atoms. The van der Waals surface area contributed by atoms with Gasteiger partial charge in [-0.25, -0.2) is 13.1 Å². The Morgan fingerprint density at radius 1 is 1.60 bits per heavy atom. The highest BCUT2D eigenvalue weighted by atomic mass is 32.2. The molecule has 1 saturated carbocycles. The number of hydrogen-bond donors (Lipinski definition) is 1. The fraction of sp³-hybridized carbons (Fsp3) is 0.500. The van der Waals surface area contributed by atoms with E-state index in [2.05, 4.69) is 9.68 Å². The summed E-state index contributed by atoms with van der Waals surface area (Å²) in [5.74, 6) is -0.440. The van der Waals surface area contributed by atoms with Crippen molar-refractivity contribution in [3.05, 3.63) is 17.5 Å². The van der Waals surface area contributed by atoms with Crippen molar-refractivity contribution < 1.29 is 17.7 Å². The second-order valence-electron chi connectivity index (χ2n) is 3.59. The van der Waals surface area contributed by atoms with Gasteiger partial charge >= 0.3 is 0 Å². The number of nitrogens with one attached hydrogen (secondary N) is 1. The molecule has 0 radical (unpaired) electrons. The zero-order chi connectivity index (χ0) is 11.1. The van der Waals surface area contributed by atoms with Crippen LogP contribution in [0.4, 0.5) is 0 Å². The van der Waals surface area contributed by atoms with Crippen LogP contribution in [0.1, 0.15) is 34.8 Å². The van der Waals surface area contributed by atoms with Crippen LogP contribution in [0.2, 0.25) is 0 Å². The van der Waals surface area contributed by atoms with E-state index in [9.17, 15) is 13.2 Å². The number of nitrogens with zero attached hydrogens (tertiary/aromatic N) is 1. The zero-order valence-corrected chi connectivity index (χ0v) is 8.87.